The smallest absolute Gasteiger partial charge is 0.0195 e. The third kappa shape index (κ3) is 3.76. The molecule has 0 aromatic carbocycles. The van der Waals surface area contributed by atoms with E-state index in [1.807, 2.05) is 0 Å². The van der Waals surface area contributed by atoms with Gasteiger partial charge in [-0.15, -0.1) is 0 Å². The summed E-state index contributed by atoms with van der Waals surface area (Å²) in [5.41, 5.74) is 0. The summed E-state index contributed by atoms with van der Waals surface area (Å²) in [6, 6.07) is 0.776. The Morgan fingerprint density at radius 1 is 1.00 bits per heavy atom. The minimum atomic E-state index is 0.776. The van der Waals surface area contributed by atoms with E-state index < -0.39 is 0 Å². The predicted octanol–water partition coefficient (Wildman–Crippen LogP) is 2.25. The summed E-state index contributed by atoms with van der Waals surface area (Å²) in [6.45, 7) is 3.83. The van der Waals surface area contributed by atoms with Gasteiger partial charge in [0.1, 0.15) is 0 Å². The molecule has 1 heterocycles. The molecule has 0 amide bonds. The van der Waals surface area contributed by atoms with E-state index in [4.69, 9.17) is 0 Å². The SMILES string of the molecule is CN(CC1CCCCC1)CC1CCCN1. The number of nitrogens with zero attached hydrogens (tertiary/aromatic N) is 1. The van der Waals surface area contributed by atoms with Crippen LogP contribution in [0.4, 0.5) is 0 Å². The fraction of sp³-hybridized carbons (Fsp3) is 1.00. The lowest BCUT2D eigenvalue weighted by molar-refractivity contribution is 0.220. The van der Waals surface area contributed by atoms with Crippen LogP contribution in [0.5, 0.6) is 0 Å². The Kier molecular flexibility index (Phi) is 4.45. The molecule has 88 valence electrons. The summed E-state index contributed by atoms with van der Waals surface area (Å²) in [7, 11) is 2.30. The first-order chi connectivity index (χ1) is 7.34. The van der Waals surface area contributed by atoms with E-state index in [0.29, 0.717) is 0 Å². The van der Waals surface area contributed by atoms with Crippen molar-refractivity contribution in [1.29, 1.82) is 0 Å². The van der Waals surface area contributed by atoms with Crippen molar-refractivity contribution in [3.63, 3.8) is 0 Å². The van der Waals surface area contributed by atoms with Gasteiger partial charge in [0, 0.05) is 19.1 Å². The summed E-state index contributed by atoms with van der Waals surface area (Å²) in [4.78, 5) is 2.55. The highest BCUT2D eigenvalue weighted by atomic mass is 15.1. The Hall–Kier alpha value is -0.0800. The molecule has 1 aliphatic heterocycles. The predicted molar refractivity (Wildman–Crippen MR) is 65.1 cm³/mol. The number of likely N-dealkylation sites (N-methyl/N-ethyl adjacent to an activating group) is 1. The van der Waals surface area contributed by atoms with E-state index >= 15 is 0 Å². The molecule has 2 rings (SSSR count). The van der Waals surface area contributed by atoms with E-state index in [-0.39, 0.29) is 0 Å². The van der Waals surface area contributed by atoms with Gasteiger partial charge in [0.25, 0.3) is 0 Å². The minimum absolute atomic E-state index is 0.776. The standard InChI is InChI=1S/C13H26N2/c1-15(11-13-8-5-9-14-13)10-12-6-3-2-4-7-12/h12-14H,2-11H2,1H3. The van der Waals surface area contributed by atoms with Crippen LogP contribution in [0, 0.1) is 5.92 Å². The average molecular weight is 210 g/mol. The molecule has 2 aliphatic rings. The van der Waals surface area contributed by atoms with E-state index in [1.165, 1.54) is 64.6 Å². The van der Waals surface area contributed by atoms with Crippen LogP contribution in [-0.4, -0.2) is 37.6 Å². The Bertz CT molecular complexity index is 169. The van der Waals surface area contributed by atoms with Gasteiger partial charge in [0.05, 0.1) is 0 Å². The van der Waals surface area contributed by atoms with Crippen molar-refractivity contribution in [2.24, 2.45) is 5.92 Å². The molecule has 0 spiro atoms. The van der Waals surface area contributed by atoms with Gasteiger partial charge >= 0.3 is 0 Å². The lowest BCUT2D eigenvalue weighted by atomic mass is 9.89. The van der Waals surface area contributed by atoms with Crippen LogP contribution in [0.25, 0.3) is 0 Å². The van der Waals surface area contributed by atoms with Crippen molar-refractivity contribution in [3.8, 4) is 0 Å². The van der Waals surface area contributed by atoms with Gasteiger partial charge in [-0.1, -0.05) is 19.3 Å². The first kappa shape index (κ1) is 11.4. The van der Waals surface area contributed by atoms with Gasteiger partial charge in [-0.3, -0.25) is 0 Å². The van der Waals surface area contributed by atoms with Crippen molar-refractivity contribution in [1.82, 2.24) is 10.2 Å². The molecule has 0 radical (unpaired) electrons. The van der Waals surface area contributed by atoms with Crippen molar-refractivity contribution in [2.75, 3.05) is 26.7 Å². The molecule has 2 nitrogen and oxygen atoms in total. The fourth-order valence-electron chi connectivity index (χ4n) is 3.17. The Morgan fingerprint density at radius 2 is 1.80 bits per heavy atom. The third-order valence-corrected chi connectivity index (χ3v) is 3.99. The van der Waals surface area contributed by atoms with E-state index in [0.717, 1.165) is 12.0 Å². The van der Waals surface area contributed by atoms with Crippen molar-refractivity contribution in [2.45, 2.75) is 51.0 Å². The average Bonchev–Trinajstić information content (AvgIpc) is 2.71. The van der Waals surface area contributed by atoms with Gasteiger partial charge in [-0.2, -0.15) is 0 Å². The Morgan fingerprint density at radius 3 is 2.47 bits per heavy atom. The van der Waals surface area contributed by atoms with Gasteiger partial charge in [0.15, 0.2) is 0 Å². The maximum atomic E-state index is 3.58. The third-order valence-electron chi connectivity index (χ3n) is 3.99. The summed E-state index contributed by atoms with van der Waals surface area (Å²) >= 11 is 0. The lowest BCUT2D eigenvalue weighted by Gasteiger charge is -2.28. The molecule has 1 N–H and O–H groups in total. The van der Waals surface area contributed by atoms with Gasteiger partial charge in [0.2, 0.25) is 0 Å². The summed E-state index contributed by atoms with van der Waals surface area (Å²) in [6.07, 6.45) is 10.1. The first-order valence-corrected chi connectivity index (χ1v) is 6.76. The van der Waals surface area contributed by atoms with Gasteiger partial charge in [-0.25, -0.2) is 0 Å². The van der Waals surface area contributed by atoms with Crippen LogP contribution < -0.4 is 5.32 Å². The highest BCUT2D eigenvalue weighted by Gasteiger charge is 2.19. The number of nitrogens with one attached hydrogen (secondary N) is 1. The second-order valence-corrected chi connectivity index (χ2v) is 5.52. The maximum absolute atomic E-state index is 3.58. The second kappa shape index (κ2) is 5.86. The number of hydrogen-bond acceptors (Lipinski definition) is 2. The minimum Gasteiger partial charge on any atom is -0.313 e. The molecular formula is C13H26N2. The number of hydrogen-bond donors (Lipinski definition) is 1. The molecule has 0 bridgehead atoms. The Labute approximate surface area is 94.4 Å². The molecule has 1 aliphatic carbocycles. The molecule has 2 heteroatoms. The van der Waals surface area contributed by atoms with E-state index in [2.05, 4.69) is 17.3 Å². The first-order valence-electron chi connectivity index (χ1n) is 6.76. The Balaban J connectivity index is 1.64. The van der Waals surface area contributed by atoms with Crippen molar-refractivity contribution >= 4 is 0 Å². The molecule has 2 fully saturated rings. The normalized spacial score (nSPS) is 28.8. The highest BCUT2D eigenvalue weighted by molar-refractivity contribution is 4.78. The molecule has 1 atom stereocenters. The molecule has 1 unspecified atom stereocenters. The highest BCUT2D eigenvalue weighted by Crippen LogP contribution is 2.24. The molecular weight excluding hydrogens is 184 g/mol. The molecule has 0 aromatic heterocycles. The molecule has 0 aromatic rings. The van der Waals surface area contributed by atoms with Gasteiger partial charge in [-0.05, 0) is 45.2 Å². The summed E-state index contributed by atoms with van der Waals surface area (Å²) in [5, 5.41) is 3.58. The van der Waals surface area contributed by atoms with Crippen LogP contribution in [0.1, 0.15) is 44.9 Å². The maximum Gasteiger partial charge on any atom is 0.0195 e. The zero-order valence-electron chi connectivity index (χ0n) is 10.2. The monoisotopic (exact) mass is 210 g/mol. The topological polar surface area (TPSA) is 15.3 Å². The van der Waals surface area contributed by atoms with Crippen LogP contribution >= 0.6 is 0 Å². The quantitative estimate of drug-likeness (QED) is 0.765. The zero-order valence-corrected chi connectivity index (χ0v) is 10.2. The van der Waals surface area contributed by atoms with Crippen LogP contribution in [0.2, 0.25) is 0 Å². The van der Waals surface area contributed by atoms with Gasteiger partial charge < -0.3 is 10.2 Å². The number of rotatable bonds is 4. The summed E-state index contributed by atoms with van der Waals surface area (Å²) in [5.74, 6) is 0.991. The molecule has 15 heavy (non-hydrogen) atoms. The fourth-order valence-corrected chi connectivity index (χ4v) is 3.17. The zero-order chi connectivity index (χ0) is 10.5. The van der Waals surface area contributed by atoms with Crippen LogP contribution in [-0.2, 0) is 0 Å². The summed E-state index contributed by atoms with van der Waals surface area (Å²) < 4.78 is 0. The van der Waals surface area contributed by atoms with Crippen molar-refractivity contribution < 1.29 is 0 Å². The van der Waals surface area contributed by atoms with Crippen molar-refractivity contribution in [3.05, 3.63) is 0 Å². The molecule has 1 saturated carbocycles. The van der Waals surface area contributed by atoms with Crippen LogP contribution in [0.3, 0.4) is 0 Å². The van der Waals surface area contributed by atoms with E-state index in [9.17, 15) is 0 Å². The van der Waals surface area contributed by atoms with E-state index in [1.54, 1.807) is 0 Å². The van der Waals surface area contributed by atoms with Crippen LogP contribution in [0.15, 0.2) is 0 Å². The molecule has 1 saturated heterocycles. The largest absolute Gasteiger partial charge is 0.313 e. The lowest BCUT2D eigenvalue weighted by Crippen LogP contribution is -2.37. The second-order valence-electron chi connectivity index (χ2n) is 5.52.